The lowest BCUT2D eigenvalue weighted by Gasteiger charge is -2.24. The maximum Gasteiger partial charge on any atom is 0.169 e. The number of hydrogen-bond donors (Lipinski definition) is 2. The van der Waals surface area contributed by atoms with Crippen LogP contribution in [0.1, 0.15) is 24.3 Å². The molecule has 0 amide bonds. The summed E-state index contributed by atoms with van der Waals surface area (Å²) in [5, 5.41) is 13.4. The van der Waals surface area contributed by atoms with Gasteiger partial charge < -0.3 is 10.4 Å². The van der Waals surface area contributed by atoms with Crippen molar-refractivity contribution in [1.29, 1.82) is 0 Å². The zero-order chi connectivity index (χ0) is 16.2. The van der Waals surface area contributed by atoms with Crippen molar-refractivity contribution in [2.24, 2.45) is 0 Å². The third-order valence-corrected chi connectivity index (χ3v) is 4.27. The van der Waals surface area contributed by atoms with Gasteiger partial charge in [-0.1, -0.05) is 60.7 Å². The number of hydrogen-bond acceptors (Lipinski definition) is 3. The van der Waals surface area contributed by atoms with E-state index in [1.165, 1.54) is 0 Å². The minimum atomic E-state index is -0.115. The Hall–Kier alpha value is -2.46. The number of allylic oxidation sites excluding steroid dienone is 1. The molecule has 3 nitrogen and oxygen atoms in total. The molecule has 0 heterocycles. The lowest BCUT2D eigenvalue weighted by Crippen LogP contribution is -2.26. The molecule has 116 valence electrons. The molecule has 4 heteroatoms. The Morgan fingerprint density at radius 1 is 1.00 bits per heavy atom. The maximum absolute atomic E-state index is 12.5. The van der Waals surface area contributed by atoms with Gasteiger partial charge in [-0.05, 0) is 23.6 Å². The molecule has 23 heavy (non-hydrogen) atoms. The highest BCUT2D eigenvalue weighted by molar-refractivity contribution is 7.81. The number of para-hydroxylation sites is 1. The highest BCUT2D eigenvalue weighted by atomic mass is 32.1. The van der Waals surface area contributed by atoms with E-state index in [0.29, 0.717) is 12.8 Å². The molecule has 0 radical (unpaired) electrons. The van der Waals surface area contributed by atoms with E-state index in [4.69, 9.17) is 12.2 Å². The minimum Gasteiger partial charge on any atom is -0.511 e. The molecule has 0 saturated heterocycles. The van der Waals surface area contributed by atoms with Gasteiger partial charge in [-0.2, -0.15) is 0 Å². The molecule has 3 rings (SSSR count). The lowest BCUT2D eigenvalue weighted by molar-refractivity contribution is -0.116. The monoisotopic (exact) mass is 323 g/mol. The van der Waals surface area contributed by atoms with Gasteiger partial charge in [0.2, 0.25) is 0 Å². The molecule has 2 N–H and O–H groups in total. The van der Waals surface area contributed by atoms with Crippen LogP contribution in [-0.4, -0.2) is 15.9 Å². The van der Waals surface area contributed by atoms with E-state index in [2.05, 4.69) is 5.32 Å². The first-order chi connectivity index (χ1) is 11.1. The summed E-state index contributed by atoms with van der Waals surface area (Å²) in [5.41, 5.74) is 2.11. The quantitative estimate of drug-likeness (QED) is 0.823. The Bertz CT molecular complexity index is 753. The van der Waals surface area contributed by atoms with Crippen LogP contribution in [-0.2, 0) is 4.79 Å². The van der Waals surface area contributed by atoms with Gasteiger partial charge in [0.15, 0.2) is 5.78 Å². The van der Waals surface area contributed by atoms with Crippen molar-refractivity contribution in [2.45, 2.75) is 18.8 Å². The number of carbonyl (C=O) groups excluding carboxylic acids is 1. The van der Waals surface area contributed by atoms with Crippen molar-refractivity contribution in [3.63, 3.8) is 0 Å². The van der Waals surface area contributed by atoms with Crippen LogP contribution in [0.4, 0.5) is 5.69 Å². The van der Waals surface area contributed by atoms with Crippen molar-refractivity contribution < 1.29 is 9.90 Å². The number of nitrogens with one attached hydrogen (secondary N) is 1. The van der Waals surface area contributed by atoms with E-state index in [1.54, 1.807) is 0 Å². The number of anilines is 1. The Kier molecular flexibility index (Phi) is 4.53. The van der Waals surface area contributed by atoms with E-state index in [9.17, 15) is 9.90 Å². The Morgan fingerprint density at radius 3 is 2.22 bits per heavy atom. The number of carbonyl (C=O) groups is 1. The van der Waals surface area contributed by atoms with Gasteiger partial charge in [-0.3, -0.25) is 4.79 Å². The Labute approximate surface area is 140 Å². The topological polar surface area (TPSA) is 49.3 Å². The highest BCUT2D eigenvalue weighted by Gasteiger charge is 2.30. The molecular formula is C19H17NO2S. The molecule has 0 aromatic heterocycles. The van der Waals surface area contributed by atoms with Crippen molar-refractivity contribution in [1.82, 2.24) is 0 Å². The fourth-order valence-corrected chi connectivity index (χ4v) is 3.18. The second-order valence-electron chi connectivity index (χ2n) is 5.58. The second kappa shape index (κ2) is 6.75. The fourth-order valence-electron chi connectivity index (χ4n) is 2.83. The standard InChI is InChI=1S/C19H17NO2S/c21-16-11-14(13-7-3-1-4-8-13)12-17(22)18(16)19(23)20-15-9-5-2-6-10-15/h1-10,14,21H,11-12H2,(H,20,23)/t14-/m0/s1. The maximum atomic E-state index is 12.5. The molecule has 2 aromatic carbocycles. The van der Waals surface area contributed by atoms with Crippen molar-refractivity contribution in [3.05, 3.63) is 77.6 Å². The number of ketones is 1. The van der Waals surface area contributed by atoms with Crippen LogP contribution in [0.25, 0.3) is 0 Å². The summed E-state index contributed by atoms with van der Waals surface area (Å²) in [6.07, 6.45) is 0.793. The number of Topliss-reactive ketones (excluding diaryl/α,β-unsaturated/α-hetero) is 1. The molecule has 2 aromatic rings. The molecule has 0 unspecified atom stereocenters. The summed E-state index contributed by atoms with van der Waals surface area (Å²) in [6, 6.07) is 19.2. The molecule has 1 atom stereocenters. The number of aliphatic hydroxyl groups excluding tert-OH is 1. The summed E-state index contributed by atoms with van der Waals surface area (Å²) in [7, 11) is 0. The van der Waals surface area contributed by atoms with Crippen molar-refractivity contribution >= 4 is 28.7 Å². The van der Waals surface area contributed by atoms with Crippen LogP contribution >= 0.6 is 12.2 Å². The third-order valence-electron chi connectivity index (χ3n) is 3.97. The van der Waals surface area contributed by atoms with Gasteiger partial charge in [-0.25, -0.2) is 0 Å². The Balaban J connectivity index is 1.80. The summed E-state index contributed by atoms with van der Waals surface area (Å²) >= 11 is 5.32. The van der Waals surface area contributed by atoms with E-state index < -0.39 is 0 Å². The summed E-state index contributed by atoms with van der Waals surface area (Å²) < 4.78 is 0. The number of aliphatic hydroxyl groups is 1. The number of benzene rings is 2. The predicted molar refractivity (Wildman–Crippen MR) is 95.7 cm³/mol. The Morgan fingerprint density at radius 2 is 1.61 bits per heavy atom. The lowest BCUT2D eigenvalue weighted by atomic mass is 9.82. The van der Waals surface area contributed by atoms with E-state index in [1.807, 2.05) is 60.7 Å². The van der Waals surface area contributed by atoms with Gasteiger partial charge in [0.1, 0.15) is 10.7 Å². The van der Waals surface area contributed by atoms with E-state index in [-0.39, 0.29) is 28.0 Å². The van der Waals surface area contributed by atoms with Crippen LogP contribution in [0.5, 0.6) is 0 Å². The van der Waals surface area contributed by atoms with Crippen molar-refractivity contribution in [2.75, 3.05) is 5.32 Å². The van der Waals surface area contributed by atoms with Crippen LogP contribution in [0, 0.1) is 0 Å². The zero-order valence-corrected chi connectivity index (χ0v) is 13.3. The first kappa shape index (κ1) is 15.4. The fraction of sp³-hybridized carbons (Fsp3) is 0.158. The van der Waals surface area contributed by atoms with Crippen LogP contribution < -0.4 is 5.32 Å². The van der Waals surface area contributed by atoms with E-state index in [0.717, 1.165) is 11.3 Å². The molecular weight excluding hydrogens is 306 g/mol. The normalized spacial score (nSPS) is 17.9. The minimum absolute atomic E-state index is 0.00646. The second-order valence-corrected chi connectivity index (χ2v) is 5.99. The molecule has 0 spiro atoms. The largest absolute Gasteiger partial charge is 0.511 e. The van der Waals surface area contributed by atoms with Crippen LogP contribution in [0.3, 0.4) is 0 Å². The van der Waals surface area contributed by atoms with Gasteiger partial charge in [0.05, 0.1) is 5.57 Å². The summed E-state index contributed by atoms with van der Waals surface area (Å²) in [4.78, 5) is 12.8. The van der Waals surface area contributed by atoms with Crippen LogP contribution in [0.2, 0.25) is 0 Å². The van der Waals surface area contributed by atoms with Gasteiger partial charge in [0.25, 0.3) is 0 Å². The summed E-state index contributed by atoms with van der Waals surface area (Å²) in [6.45, 7) is 0. The smallest absolute Gasteiger partial charge is 0.169 e. The van der Waals surface area contributed by atoms with E-state index >= 15 is 0 Å². The molecule has 0 bridgehead atoms. The highest BCUT2D eigenvalue weighted by Crippen LogP contribution is 2.34. The average molecular weight is 323 g/mol. The third kappa shape index (κ3) is 3.48. The molecule has 0 fully saturated rings. The number of thiocarbonyl (C=S) groups is 1. The number of rotatable bonds is 3. The average Bonchev–Trinajstić information content (AvgIpc) is 2.56. The zero-order valence-electron chi connectivity index (χ0n) is 12.5. The first-order valence-corrected chi connectivity index (χ1v) is 7.92. The molecule has 1 aliphatic rings. The van der Waals surface area contributed by atoms with Crippen LogP contribution in [0.15, 0.2) is 72.0 Å². The molecule has 0 saturated carbocycles. The van der Waals surface area contributed by atoms with Gasteiger partial charge in [0, 0.05) is 18.5 Å². The van der Waals surface area contributed by atoms with Crippen molar-refractivity contribution in [3.8, 4) is 0 Å². The predicted octanol–water partition coefficient (Wildman–Crippen LogP) is 4.38. The summed E-state index contributed by atoms with van der Waals surface area (Å²) in [5.74, 6) is -0.0356. The SMILES string of the molecule is O=C1C[C@@H](c2ccccc2)CC(O)=C1C(=S)Nc1ccccc1. The first-order valence-electron chi connectivity index (χ1n) is 7.52. The molecule has 1 aliphatic carbocycles. The molecule has 0 aliphatic heterocycles. The van der Waals surface area contributed by atoms with Gasteiger partial charge >= 0.3 is 0 Å². The van der Waals surface area contributed by atoms with Gasteiger partial charge in [-0.15, -0.1) is 0 Å².